The van der Waals surface area contributed by atoms with Gasteiger partial charge >= 0.3 is 12.1 Å². The van der Waals surface area contributed by atoms with E-state index in [1.807, 2.05) is 12.1 Å². The number of carboxylic acids is 1. The summed E-state index contributed by atoms with van der Waals surface area (Å²) < 4.78 is 32.5. The minimum atomic E-state index is -4.26. The zero-order valence-electron chi connectivity index (χ0n) is 16.2. The van der Waals surface area contributed by atoms with Gasteiger partial charge in [-0.1, -0.05) is 30.3 Å². The molecule has 0 spiro atoms. The average Bonchev–Trinajstić information content (AvgIpc) is 2.70. The summed E-state index contributed by atoms with van der Waals surface area (Å²) in [5.74, 6) is -3.88. The van der Waals surface area contributed by atoms with Crippen molar-refractivity contribution >= 4 is 38.8 Å². The molecule has 29 heavy (non-hydrogen) atoms. The van der Waals surface area contributed by atoms with Gasteiger partial charge in [-0.25, -0.2) is 18.1 Å². The molecule has 2 amide bonds. The third kappa shape index (κ3) is 5.09. The maximum absolute atomic E-state index is 12.8. The SMILES string of the molecule is CCOC(=O)N(C)C(=O)C(NS(=O)(=O)c1ccc2ccccc2c1)[C@H](C)C(=O)O. The average molecular weight is 422 g/mol. The summed E-state index contributed by atoms with van der Waals surface area (Å²) in [7, 11) is -3.17. The van der Waals surface area contributed by atoms with Gasteiger partial charge in [-0.15, -0.1) is 0 Å². The normalized spacial score (nSPS) is 13.5. The summed E-state index contributed by atoms with van der Waals surface area (Å²) in [4.78, 5) is 36.3. The Hall–Kier alpha value is -2.98. The number of carbonyl (C=O) groups excluding carboxylic acids is 2. The van der Waals surface area contributed by atoms with Crippen molar-refractivity contribution in [3.63, 3.8) is 0 Å². The van der Waals surface area contributed by atoms with E-state index in [2.05, 4.69) is 4.72 Å². The molecule has 0 saturated carbocycles. The molecule has 0 heterocycles. The summed E-state index contributed by atoms with van der Waals surface area (Å²) in [5, 5.41) is 10.8. The second-order valence-corrected chi connectivity index (χ2v) is 8.04. The Bertz CT molecular complexity index is 1040. The number of hydrogen-bond donors (Lipinski definition) is 2. The van der Waals surface area contributed by atoms with Crippen LogP contribution in [0.4, 0.5) is 4.79 Å². The molecule has 10 heteroatoms. The minimum Gasteiger partial charge on any atom is -0.481 e. The Labute approximate surface area is 168 Å². The molecule has 0 saturated heterocycles. The van der Waals surface area contributed by atoms with Gasteiger partial charge in [0.1, 0.15) is 6.04 Å². The highest BCUT2D eigenvalue weighted by Crippen LogP contribution is 2.20. The van der Waals surface area contributed by atoms with Gasteiger partial charge in [0.15, 0.2) is 0 Å². The molecule has 0 aliphatic heterocycles. The Morgan fingerprint density at radius 1 is 1.14 bits per heavy atom. The van der Waals surface area contributed by atoms with Crippen molar-refractivity contribution in [2.24, 2.45) is 5.92 Å². The monoisotopic (exact) mass is 422 g/mol. The molecule has 0 aliphatic rings. The minimum absolute atomic E-state index is 0.00157. The van der Waals surface area contributed by atoms with E-state index in [1.165, 1.54) is 26.0 Å². The van der Waals surface area contributed by atoms with E-state index in [-0.39, 0.29) is 11.5 Å². The summed E-state index contributed by atoms with van der Waals surface area (Å²) >= 11 is 0. The number of fused-ring (bicyclic) bond motifs is 1. The molecule has 2 aromatic carbocycles. The molecule has 0 bridgehead atoms. The maximum Gasteiger partial charge on any atom is 0.416 e. The van der Waals surface area contributed by atoms with Gasteiger partial charge in [-0.05, 0) is 36.8 Å². The summed E-state index contributed by atoms with van der Waals surface area (Å²) in [5.41, 5.74) is 0. The zero-order valence-corrected chi connectivity index (χ0v) is 17.0. The number of nitrogens with one attached hydrogen (secondary N) is 1. The van der Waals surface area contributed by atoms with E-state index in [0.29, 0.717) is 10.3 Å². The standard InChI is InChI=1S/C19H22N2O7S/c1-4-28-19(25)21(3)17(22)16(12(2)18(23)24)20-29(26,27)15-10-9-13-7-5-6-8-14(13)11-15/h5-12,16,20H,4H2,1-3H3,(H,23,24)/t12-,16?/m0/s1. The number of hydrogen-bond acceptors (Lipinski definition) is 6. The topological polar surface area (TPSA) is 130 Å². The number of ether oxygens (including phenoxy) is 1. The second-order valence-electron chi connectivity index (χ2n) is 6.33. The lowest BCUT2D eigenvalue weighted by atomic mass is 10.0. The van der Waals surface area contributed by atoms with Gasteiger partial charge in [0.25, 0.3) is 5.91 Å². The first-order valence-electron chi connectivity index (χ1n) is 8.76. The first-order valence-corrected chi connectivity index (χ1v) is 10.2. The lowest BCUT2D eigenvalue weighted by Gasteiger charge is -2.25. The number of aliphatic carboxylic acids is 1. The number of nitrogens with zero attached hydrogens (tertiary/aromatic N) is 1. The smallest absolute Gasteiger partial charge is 0.416 e. The van der Waals surface area contributed by atoms with E-state index in [9.17, 15) is 27.9 Å². The van der Waals surface area contributed by atoms with Gasteiger partial charge in [0.2, 0.25) is 10.0 Å². The number of imide groups is 1. The van der Waals surface area contributed by atoms with Crippen LogP contribution in [0.2, 0.25) is 0 Å². The molecular weight excluding hydrogens is 400 g/mol. The van der Waals surface area contributed by atoms with Crippen LogP contribution in [0.15, 0.2) is 47.4 Å². The van der Waals surface area contributed by atoms with Crippen molar-refractivity contribution in [3.8, 4) is 0 Å². The van der Waals surface area contributed by atoms with Crippen LogP contribution < -0.4 is 4.72 Å². The number of rotatable bonds is 7. The molecule has 0 aliphatic carbocycles. The number of carboxylic acid groups (broad SMARTS) is 1. The van der Waals surface area contributed by atoms with Gasteiger partial charge in [0, 0.05) is 7.05 Å². The Kier molecular flexibility index (Phi) is 6.93. The van der Waals surface area contributed by atoms with Crippen molar-refractivity contribution in [1.29, 1.82) is 0 Å². The molecule has 0 radical (unpaired) electrons. The van der Waals surface area contributed by atoms with E-state index in [1.54, 1.807) is 18.2 Å². The quantitative estimate of drug-likeness (QED) is 0.696. The molecule has 0 aromatic heterocycles. The Morgan fingerprint density at radius 3 is 2.34 bits per heavy atom. The summed E-state index contributed by atoms with van der Waals surface area (Å²) in [6.07, 6.45) is -1.01. The number of amides is 2. The highest BCUT2D eigenvalue weighted by atomic mass is 32.2. The van der Waals surface area contributed by atoms with Crippen LogP contribution in [0.25, 0.3) is 10.8 Å². The third-order valence-electron chi connectivity index (χ3n) is 4.34. The van der Waals surface area contributed by atoms with E-state index in [0.717, 1.165) is 12.4 Å². The van der Waals surface area contributed by atoms with Gasteiger partial charge < -0.3 is 9.84 Å². The highest BCUT2D eigenvalue weighted by molar-refractivity contribution is 7.89. The fraction of sp³-hybridized carbons (Fsp3) is 0.316. The van der Waals surface area contributed by atoms with Crippen LogP contribution in [-0.4, -0.2) is 56.1 Å². The van der Waals surface area contributed by atoms with Crippen molar-refractivity contribution in [3.05, 3.63) is 42.5 Å². The molecule has 156 valence electrons. The maximum atomic E-state index is 12.8. The predicted octanol–water partition coefficient (Wildman–Crippen LogP) is 1.82. The Balaban J connectivity index is 2.39. The summed E-state index contributed by atoms with van der Waals surface area (Å²) in [6.45, 7) is 2.71. The largest absolute Gasteiger partial charge is 0.481 e. The van der Waals surface area contributed by atoms with Crippen LogP contribution in [-0.2, 0) is 24.3 Å². The van der Waals surface area contributed by atoms with Crippen LogP contribution in [0, 0.1) is 5.92 Å². The molecule has 2 aromatic rings. The molecule has 0 fully saturated rings. The zero-order chi connectivity index (χ0) is 21.8. The van der Waals surface area contributed by atoms with E-state index >= 15 is 0 Å². The van der Waals surface area contributed by atoms with Crippen LogP contribution in [0.5, 0.6) is 0 Å². The van der Waals surface area contributed by atoms with Crippen LogP contribution in [0.3, 0.4) is 0 Å². The van der Waals surface area contributed by atoms with Crippen molar-refractivity contribution in [2.45, 2.75) is 24.8 Å². The van der Waals surface area contributed by atoms with Crippen molar-refractivity contribution < 1.29 is 32.6 Å². The molecule has 2 atom stereocenters. The predicted molar refractivity (Wildman–Crippen MR) is 105 cm³/mol. The van der Waals surface area contributed by atoms with Crippen LogP contribution >= 0.6 is 0 Å². The lowest BCUT2D eigenvalue weighted by molar-refractivity contribution is -0.146. The summed E-state index contributed by atoms with van der Waals surface area (Å²) in [6, 6.07) is 9.76. The molecule has 1 unspecified atom stereocenters. The molecule has 2 N–H and O–H groups in total. The van der Waals surface area contributed by atoms with Crippen LogP contribution in [0.1, 0.15) is 13.8 Å². The molecule has 2 rings (SSSR count). The first kappa shape index (κ1) is 22.3. The number of carbonyl (C=O) groups is 3. The number of likely N-dealkylation sites (N-methyl/N-ethyl adjacent to an activating group) is 1. The van der Waals surface area contributed by atoms with Gasteiger partial charge in [0.05, 0.1) is 17.4 Å². The second kappa shape index (κ2) is 9.01. The van der Waals surface area contributed by atoms with E-state index < -0.39 is 40.0 Å². The fourth-order valence-electron chi connectivity index (χ4n) is 2.60. The van der Waals surface area contributed by atoms with E-state index in [4.69, 9.17) is 4.74 Å². The van der Waals surface area contributed by atoms with Crippen molar-refractivity contribution in [2.75, 3.05) is 13.7 Å². The highest BCUT2D eigenvalue weighted by Gasteiger charge is 2.38. The Morgan fingerprint density at radius 2 is 1.76 bits per heavy atom. The molecular formula is C19H22N2O7S. The number of benzene rings is 2. The lowest BCUT2D eigenvalue weighted by Crippen LogP contribution is -2.53. The molecule has 9 nitrogen and oxygen atoms in total. The first-order chi connectivity index (χ1) is 13.6. The number of sulfonamides is 1. The van der Waals surface area contributed by atoms with Gasteiger partial charge in [-0.2, -0.15) is 4.72 Å². The fourth-order valence-corrected chi connectivity index (χ4v) is 3.90. The third-order valence-corrected chi connectivity index (χ3v) is 5.78. The van der Waals surface area contributed by atoms with Crippen molar-refractivity contribution in [1.82, 2.24) is 9.62 Å². The van der Waals surface area contributed by atoms with Gasteiger partial charge in [-0.3, -0.25) is 9.59 Å².